The Kier molecular flexibility index (Phi) is 5.60. The second-order valence-electron chi connectivity index (χ2n) is 4.51. The smallest absolute Gasteiger partial charge is 0.238 e. The molecule has 5 heteroatoms. The molecule has 1 amide bonds. The molecule has 110 valence electrons. The molecule has 2 rings (SSSR count). The number of ether oxygens (including phenoxy) is 1. The van der Waals surface area contributed by atoms with Gasteiger partial charge in [-0.25, -0.2) is 0 Å². The fourth-order valence-corrected chi connectivity index (χ4v) is 1.93. The molecule has 0 saturated heterocycles. The molecule has 0 spiro atoms. The zero-order valence-electron chi connectivity index (χ0n) is 11.7. The first kappa shape index (κ1) is 15.4. The molecule has 0 radical (unpaired) electrons. The van der Waals surface area contributed by atoms with Gasteiger partial charge >= 0.3 is 0 Å². The lowest BCUT2D eigenvalue weighted by molar-refractivity contribution is -0.115. The Labute approximate surface area is 129 Å². The highest BCUT2D eigenvalue weighted by molar-refractivity contribution is 6.30. The molecule has 0 aliphatic carbocycles. The van der Waals surface area contributed by atoms with E-state index in [0.717, 1.165) is 17.0 Å². The number of carbonyl (C=O) groups excluding carboxylic acids is 1. The van der Waals surface area contributed by atoms with E-state index in [0.29, 0.717) is 11.6 Å². The van der Waals surface area contributed by atoms with Crippen LogP contribution in [0.5, 0.6) is 5.75 Å². The first-order valence-electron chi connectivity index (χ1n) is 6.56. The van der Waals surface area contributed by atoms with Gasteiger partial charge in [0.1, 0.15) is 5.75 Å². The summed E-state index contributed by atoms with van der Waals surface area (Å²) in [5.41, 5.74) is 1.82. The topological polar surface area (TPSA) is 50.4 Å². The highest BCUT2D eigenvalue weighted by Gasteiger charge is 2.02. The molecule has 0 heterocycles. The third-order valence-corrected chi connectivity index (χ3v) is 3.15. The van der Waals surface area contributed by atoms with Crippen molar-refractivity contribution in [2.45, 2.75) is 6.54 Å². The van der Waals surface area contributed by atoms with Crippen LogP contribution in [0.25, 0.3) is 0 Å². The molecule has 4 nitrogen and oxygen atoms in total. The second kappa shape index (κ2) is 7.67. The van der Waals surface area contributed by atoms with Gasteiger partial charge in [0.05, 0.1) is 13.7 Å². The van der Waals surface area contributed by atoms with Gasteiger partial charge in [-0.15, -0.1) is 0 Å². The molecule has 0 atom stereocenters. The van der Waals surface area contributed by atoms with Gasteiger partial charge in [-0.05, 0) is 42.0 Å². The third kappa shape index (κ3) is 5.10. The highest BCUT2D eigenvalue weighted by atomic mass is 35.5. The molecule has 2 N–H and O–H groups in total. The van der Waals surface area contributed by atoms with Crippen LogP contribution in [0.2, 0.25) is 5.02 Å². The Morgan fingerprint density at radius 3 is 2.38 bits per heavy atom. The third-order valence-electron chi connectivity index (χ3n) is 2.90. The minimum Gasteiger partial charge on any atom is -0.497 e. The van der Waals surface area contributed by atoms with Crippen molar-refractivity contribution in [1.29, 1.82) is 0 Å². The van der Waals surface area contributed by atoms with Crippen molar-refractivity contribution >= 4 is 23.2 Å². The lowest BCUT2D eigenvalue weighted by Crippen LogP contribution is -2.27. The monoisotopic (exact) mass is 304 g/mol. The molecule has 21 heavy (non-hydrogen) atoms. The van der Waals surface area contributed by atoms with Crippen LogP contribution in [0.4, 0.5) is 5.69 Å². The molecular weight excluding hydrogens is 288 g/mol. The summed E-state index contributed by atoms with van der Waals surface area (Å²) in [6, 6.07) is 14.7. The molecule has 0 bridgehead atoms. The van der Waals surface area contributed by atoms with Gasteiger partial charge in [0.2, 0.25) is 5.91 Å². The molecule has 0 aromatic heterocycles. The lowest BCUT2D eigenvalue weighted by atomic mass is 10.2. The van der Waals surface area contributed by atoms with Crippen molar-refractivity contribution < 1.29 is 9.53 Å². The molecule has 0 aliphatic rings. The summed E-state index contributed by atoms with van der Waals surface area (Å²) in [7, 11) is 1.63. The van der Waals surface area contributed by atoms with Crippen LogP contribution in [0.15, 0.2) is 48.5 Å². The second-order valence-corrected chi connectivity index (χ2v) is 4.94. The highest BCUT2D eigenvalue weighted by Crippen LogP contribution is 2.13. The maximum atomic E-state index is 11.8. The number of amides is 1. The molecule has 2 aromatic carbocycles. The van der Waals surface area contributed by atoms with Crippen molar-refractivity contribution in [1.82, 2.24) is 5.32 Å². The van der Waals surface area contributed by atoms with Crippen molar-refractivity contribution in [3.05, 3.63) is 59.1 Å². The number of rotatable bonds is 6. The first-order valence-corrected chi connectivity index (χ1v) is 6.94. The van der Waals surface area contributed by atoms with Crippen LogP contribution in [0, 0.1) is 0 Å². The number of hydrogen-bond acceptors (Lipinski definition) is 3. The summed E-state index contributed by atoms with van der Waals surface area (Å²) in [6.07, 6.45) is 0. The van der Waals surface area contributed by atoms with Crippen LogP contribution in [0.1, 0.15) is 5.56 Å². The van der Waals surface area contributed by atoms with E-state index in [9.17, 15) is 4.79 Å². The summed E-state index contributed by atoms with van der Waals surface area (Å²) in [5.74, 6) is 0.727. The van der Waals surface area contributed by atoms with Crippen LogP contribution >= 0.6 is 11.6 Å². The van der Waals surface area contributed by atoms with E-state index in [-0.39, 0.29) is 12.5 Å². The Morgan fingerprint density at radius 2 is 1.76 bits per heavy atom. The van der Waals surface area contributed by atoms with E-state index in [1.807, 2.05) is 24.3 Å². The van der Waals surface area contributed by atoms with Gasteiger partial charge in [0.25, 0.3) is 0 Å². The van der Waals surface area contributed by atoms with Crippen molar-refractivity contribution in [3.8, 4) is 5.75 Å². The number of methoxy groups -OCH3 is 1. The molecule has 0 fully saturated rings. The standard InChI is InChI=1S/C16H17ClN2O2/c1-21-15-8-2-12(3-9-15)10-18-11-16(20)19-14-6-4-13(17)5-7-14/h2-9,18H,10-11H2,1H3,(H,19,20). The maximum Gasteiger partial charge on any atom is 0.238 e. The number of benzene rings is 2. The van der Waals surface area contributed by atoms with E-state index in [2.05, 4.69) is 10.6 Å². The van der Waals surface area contributed by atoms with Crippen molar-refractivity contribution in [3.63, 3.8) is 0 Å². The zero-order chi connectivity index (χ0) is 15.1. The molecule has 0 unspecified atom stereocenters. The summed E-state index contributed by atoms with van der Waals surface area (Å²) in [6.45, 7) is 0.868. The summed E-state index contributed by atoms with van der Waals surface area (Å²) >= 11 is 5.79. The molecular formula is C16H17ClN2O2. The SMILES string of the molecule is COc1ccc(CNCC(=O)Nc2ccc(Cl)cc2)cc1. The maximum absolute atomic E-state index is 11.8. The van der Waals surface area contributed by atoms with Gasteiger partial charge in [0.15, 0.2) is 0 Å². The largest absolute Gasteiger partial charge is 0.497 e. The van der Waals surface area contributed by atoms with Crippen LogP contribution < -0.4 is 15.4 Å². The predicted octanol–water partition coefficient (Wildman–Crippen LogP) is 3.08. The van der Waals surface area contributed by atoms with E-state index in [1.54, 1.807) is 31.4 Å². The Morgan fingerprint density at radius 1 is 1.10 bits per heavy atom. The molecule has 0 saturated carbocycles. The Hall–Kier alpha value is -2.04. The van der Waals surface area contributed by atoms with Crippen molar-refractivity contribution in [2.75, 3.05) is 19.0 Å². The average molecular weight is 305 g/mol. The van der Waals surface area contributed by atoms with E-state index in [1.165, 1.54) is 0 Å². The quantitative estimate of drug-likeness (QED) is 0.862. The van der Waals surface area contributed by atoms with Gasteiger partial charge in [-0.3, -0.25) is 4.79 Å². The van der Waals surface area contributed by atoms with Gasteiger partial charge in [0, 0.05) is 17.3 Å². The van der Waals surface area contributed by atoms with Gasteiger partial charge in [-0.1, -0.05) is 23.7 Å². The summed E-state index contributed by atoms with van der Waals surface area (Å²) in [5, 5.41) is 6.53. The van der Waals surface area contributed by atoms with E-state index >= 15 is 0 Å². The van der Waals surface area contributed by atoms with Crippen LogP contribution in [-0.4, -0.2) is 19.6 Å². The number of carbonyl (C=O) groups is 1. The van der Waals surface area contributed by atoms with Gasteiger partial charge in [-0.2, -0.15) is 0 Å². The number of halogens is 1. The number of nitrogens with one attached hydrogen (secondary N) is 2. The normalized spacial score (nSPS) is 10.2. The van der Waals surface area contributed by atoms with Crippen LogP contribution in [-0.2, 0) is 11.3 Å². The minimum absolute atomic E-state index is 0.0918. The van der Waals surface area contributed by atoms with E-state index < -0.39 is 0 Å². The summed E-state index contributed by atoms with van der Waals surface area (Å²) < 4.78 is 5.09. The van der Waals surface area contributed by atoms with Crippen molar-refractivity contribution in [2.24, 2.45) is 0 Å². The Balaban J connectivity index is 1.74. The average Bonchev–Trinajstić information content (AvgIpc) is 2.50. The minimum atomic E-state index is -0.0918. The zero-order valence-corrected chi connectivity index (χ0v) is 12.5. The first-order chi connectivity index (χ1) is 10.2. The number of hydrogen-bond donors (Lipinski definition) is 2. The van der Waals surface area contributed by atoms with Crippen LogP contribution in [0.3, 0.4) is 0 Å². The number of anilines is 1. The van der Waals surface area contributed by atoms with E-state index in [4.69, 9.17) is 16.3 Å². The Bertz CT molecular complexity index is 582. The summed E-state index contributed by atoms with van der Waals surface area (Å²) in [4.78, 5) is 11.8. The molecule has 0 aliphatic heterocycles. The molecule has 2 aromatic rings. The lowest BCUT2D eigenvalue weighted by Gasteiger charge is -2.07. The fourth-order valence-electron chi connectivity index (χ4n) is 1.80. The predicted molar refractivity (Wildman–Crippen MR) is 84.8 cm³/mol. The van der Waals surface area contributed by atoms with Gasteiger partial charge < -0.3 is 15.4 Å². The fraction of sp³-hybridized carbons (Fsp3) is 0.188.